The molecule has 0 aliphatic heterocycles. The van der Waals surface area contributed by atoms with Crippen LogP contribution in [0.4, 0.5) is 5.13 Å². The van der Waals surface area contributed by atoms with Crippen molar-refractivity contribution in [2.24, 2.45) is 0 Å². The van der Waals surface area contributed by atoms with Crippen molar-refractivity contribution in [3.8, 4) is 5.75 Å². The molecular formula is C13H11N3O2S. The predicted octanol–water partition coefficient (Wildman–Crippen LogP) is 2.10. The van der Waals surface area contributed by atoms with Gasteiger partial charge in [0.25, 0.3) is 5.56 Å². The molecule has 0 atom stereocenters. The standard InChI is InChI=1S/C13H11N3O2S/c1-6-3-7-10(9(4-6)18-2)15-5-8-11(7)19-13(14)16-12(8)17/h3-5H,1-2H3,(H2,14,16,17). The van der Waals surface area contributed by atoms with Gasteiger partial charge in [0.15, 0.2) is 5.13 Å². The summed E-state index contributed by atoms with van der Waals surface area (Å²) in [7, 11) is 1.60. The summed E-state index contributed by atoms with van der Waals surface area (Å²) < 4.78 is 6.13. The smallest absolute Gasteiger partial charge is 0.282 e. The van der Waals surface area contributed by atoms with E-state index in [1.54, 1.807) is 7.11 Å². The Labute approximate surface area is 112 Å². The minimum Gasteiger partial charge on any atom is -0.494 e. The molecule has 2 N–H and O–H groups in total. The average molecular weight is 273 g/mol. The maximum atomic E-state index is 11.8. The van der Waals surface area contributed by atoms with E-state index < -0.39 is 0 Å². The molecule has 5 nitrogen and oxygen atoms in total. The maximum absolute atomic E-state index is 11.8. The van der Waals surface area contributed by atoms with Gasteiger partial charge in [0.1, 0.15) is 11.3 Å². The molecule has 2 heterocycles. The number of hydrogen-bond donors (Lipinski definition) is 1. The lowest BCUT2D eigenvalue weighted by molar-refractivity contribution is 0.418. The van der Waals surface area contributed by atoms with E-state index >= 15 is 0 Å². The second-order valence-electron chi connectivity index (χ2n) is 4.22. The number of ether oxygens (including phenoxy) is 1. The second-order valence-corrected chi connectivity index (χ2v) is 5.25. The number of nitrogens with two attached hydrogens (primary N) is 1. The lowest BCUT2D eigenvalue weighted by atomic mass is 10.1. The molecule has 0 fully saturated rings. The van der Waals surface area contributed by atoms with Crippen molar-refractivity contribution in [2.75, 3.05) is 12.8 Å². The molecule has 3 rings (SSSR count). The van der Waals surface area contributed by atoms with Crippen molar-refractivity contribution >= 4 is 37.5 Å². The van der Waals surface area contributed by atoms with Gasteiger partial charge in [-0.1, -0.05) is 11.3 Å². The molecular weight excluding hydrogens is 262 g/mol. The number of fused-ring (bicyclic) bond motifs is 3. The monoisotopic (exact) mass is 273 g/mol. The van der Waals surface area contributed by atoms with Crippen molar-refractivity contribution in [2.45, 2.75) is 6.92 Å². The quantitative estimate of drug-likeness (QED) is 0.687. The van der Waals surface area contributed by atoms with Crippen molar-refractivity contribution in [3.63, 3.8) is 0 Å². The minimum absolute atomic E-state index is 0.255. The molecule has 0 aliphatic carbocycles. The van der Waals surface area contributed by atoms with Crippen LogP contribution in [0.3, 0.4) is 0 Å². The Morgan fingerprint density at radius 1 is 1.32 bits per heavy atom. The van der Waals surface area contributed by atoms with Crippen LogP contribution in [0.5, 0.6) is 5.75 Å². The summed E-state index contributed by atoms with van der Waals surface area (Å²) >= 11 is 1.28. The van der Waals surface area contributed by atoms with Crippen LogP contribution in [0, 0.1) is 6.92 Å². The van der Waals surface area contributed by atoms with Crippen LogP contribution in [0.1, 0.15) is 5.56 Å². The van der Waals surface area contributed by atoms with Crippen LogP contribution in [-0.4, -0.2) is 17.1 Å². The van der Waals surface area contributed by atoms with Crippen molar-refractivity contribution in [1.82, 2.24) is 9.97 Å². The summed E-state index contributed by atoms with van der Waals surface area (Å²) in [5.41, 5.74) is 7.09. The molecule has 0 bridgehead atoms. The normalized spacial score (nSPS) is 11.1. The molecule has 96 valence electrons. The first kappa shape index (κ1) is 11.9. The molecule has 0 spiro atoms. The first-order chi connectivity index (χ1) is 9.10. The molecule has 0 amide bonds. The molecule has 2 aromatic heterocycles. The van der Waals surface area contributed by atoms with Gasteiger partial charge >= 0.3 is 0 Å². The molecule has 0 saturated heterocycles. The Morgan fingerprint density at radius 3 is 2.84 bits per heavy atom. The highest BCUT2D eigenvalue weighted by Gasteiger charge is 2.11. The van der Waals surface area contributed by atoms with Gasteiger partial charge in [-0.15, -0.1) is 0 Å². The number of nitrogen functional groups attached to an aromatic ring is 1. The summed E-state index contributed by atoms with van der Waals surface area (Å²) in [5, 5.41) is 1.61. The third kappa shape index (κ3) is 1.80. The third-order valence-electron chi connectivity index (χ3n) is 2.90. The number of benzene rings is 1. The SMILES string of the molecule is COc1cc(C)cc2c1ncc1c(=O)nc(N)sc12. The molecule has 0 radical (unpaired) electrons. The van der Waals surface area contributed by atoms with E-state index in [9.17, 15) is 4.79 Å². The van der Waals surface area contributed by atoms with Crippen molar-refractivity contribution in [3.05, 3.63) is 34.2 Å². The van der Waals surface area contributed by atoms with E-state index in [-0.39, 0.29) is 10.7 Å². The fourth-order valence-electron chi connectivity index (χ4n) is 2.09. The first-order valence-corrected chi connectivity index (χ1v) is 6.45. The first-order valence-electron chi connectivity index (χ1n) is 5.64. The van der Waals surface area contributed by atoms with Crippen LogP contribution in [0.25, 0.3) is 21.0 Å². The van der Waals surface area contributed by atoms with Crippen molar-refractivity contribution in [1.29, 1.82) is 0 Å². The van der Waals surface area contributed by atoms with Crippen LogP contribution < -0.4 is 16.0 Å². The molecule has 0 unspecified atom stereocenters. The van der Waals surface area contributed by atoms with Crippen LogP contribution >= 0.6 is 11.3 Å². The number of hydrogen-bond acceptors (Lipinski definition) is 6. The molecule has 3 aromatic rings. The van der Waals surface area contributed by atoms with Gasteiger partial charge in [-0.05, 0) is 24.6 Å². The summed E-state index contributed by atoms with van der Waals surface area (Å²) in [4.78, 5) is 19.9. The number of nitrogens with zero attached hydrogens (tertiary/aromatic N) is 2. The zero-order valence-electron chi connectivity index (χ0n) is 10.4. The highest BCUT2D eigenvalue weighted by Crippen LogP contribution is 2.32. The van der Waals surface area contributed by atoms with Gasteiger partial charge in [-0.25, -0.2) is 0 Å². The van der Waals surface area contributed by atoms with Gasteiger partial charge in [-0.3, -0.25) is 9.78 Å². The molecule has 19 heavy (non-hydrogen) atoms. The number of rotatable bonds is 1. The number of pyridine rings is 1. The number of aryl methyl sites for hydroxylation is 1. The van der Waals surface area contributed by atoms with E-state index in [1.807, 2.05) is 19.1 Å². The summed E-state index contributed by atoms with van der Waals surface area (Å²) in [6, 6.07) is 3.89. The molecule has 1 aromatic carbocycles. The predicted molar refractivity (Wildman–Crippen MR) is 76.9 cm³/mol. The van der Waals surface area contributed by atoms with Crippen molar-refractivity contribution < 1.29 is 4.74 Å². The zero-order valence-corrected chi connectivity index (χ0v) is 11.2. The Hall–Kier alpha value is -2.21. The minimum atomic E-state index is -0.346. The highest BCUT2D eigenvalue weighted by molar-refractivity contribution is 7.22. The van der Waals surface area contributed by atoms with Gasteiger partial charge in [-0.2, -0.15) is 4.98 Å². The highest BCUT2D eigenvalue weighted by atomic mass is 32.1. The number of anilines is 1. The fourth-order valence-corrected chi connectivity index (χ4v) is 2.94. The van der Waals surface area contributed by atoms with Gasteiger partial charge in [0.2, 0.25) is 0 Å². The average Bonchev–Trinajstić information content (AvgIpc) is 2.37. The summed E-state index contributed by atoms with van der Waals surface area (Å²) in [6.45, 7) is 1.97. The number of methoxy groups -OCH3 is 1. The Bertz CT molecular complexity index is 858. The molecule has 0 aliphatic rings. The van der Waals surface area contributed by atoms with E-state index in [1.165, 1.54) is 17.5 Å². The van der Waals surface area contributed by atoms with Crippen LogP contribution in [0.15, 0.2) is 23.1 Å². The molecule has 6 heteroatoms. The molecule has 0 saturated carbocycles. The van der Waals surface area contributed by atoms with Crippen LogP contribution in [-0.2, 0) is 0 Å². The lowest BCUT2D eigenvalue weighted by Gasteiger charge is -2.08. The fraction of sp³-hybridized carbons (Fsp3) is 0.154. The Kier molecular flexibility index (Phi) is 2.60. The zero-order chi connectivity index (χ0) is 13.6. The topological polar surface area (TPSA) is 78.1 Å². The van der Waals surface area contributed by atoms with E-state index in [0.717, 1.165) is 21.2 Å². The van der Waals surface area contributed by atoms with Gasteiger partial charge < -0.3 is 10.5 Å². The Morgan fingerprint density at radius 2 is 2.11 bits per heavy atom. The summed E-state index contributed by atoms with van der Waals surface area (Å²) in [5.74, 6) is 0.687. The Balaban J connectivity index is 2.59. The number of aromatic nitrogens is 2. The maximum Gasteiger partial charge on any atom is 0.282 e. The van der Waals surface area contributed by atoms with Gasteiger partial charge in [0, 0.05) is 11.6 Å². The van der Waals surface area contributed by atoms with E-state index in [4.69, 9.17) is 10.5 Å². The largest absolute Gasteiger partial charge is 0.494 e. The van der Waals surface area contributed by atoms with E-state index in [2.05, 4.69) is 9.97 Å². The third-order valence-corrected chi connectivity index (χ3v) is 3.84. The van der Waals surface area contributed by atoms with Crippen LogP contribution in [0.2, 0.25) is 0 Å². The summed E-state index contributed by atoms with van der Waals surface area (Å²) in [6.07, 6.45) is 1.53. The second kappa shape index (κ2) is 4.17. The lowest BCUT2D eigenvalue weighted by Crippen LogP contribution is -2.08. The van der Waals surface area contributed by atoms with E-state index in [0.29, 0.717) is 11.1 Å². The van der Waals surface area contributed by atoms with Gasteiger partial charge in [0.05, 0.1) is 17.2 Å².